The van der Waals surface area contributed by atoms with E-state index in [-0.39, 0.29) is 6.04 Å². The lowest BCUT2D eigenvalue weighted by atomic mass is 10.1. The zero-order valence-electron chi connectivity index (χ0n) is 11.4. The van der Waals surface area contributed by atoms with Crippen molar-refractivity contribution in [3.8, 4) is 0 Å². The van der Waals surface area contributed by atoms with Gasteiger partial charge in [0.15, 0.2) is 4.77 Å². The number of halogens is 1. The predicted octanol–water partition coefficient (Wildman–Crippen LogP) is 4.69. The summed E-state index contributed by atoms with van der Waals surface area (Å²) in [6, 6.07) is 6.44. The molecule has 0 aliphatic heterocycles. The maximum Gasteiger partial charge on any atom is 0.178 e. The van der Waals surface area contributed by atoms with E-state index in [1.165, 1.54) is 0 Å². The molecule has 104 valence electrons. The summed E-state index contributed by atoms with van der Waals surface area (Å²) >= 11 is 8.96. The quantitative estimate of drug-likeness (QED) is 0.798. The van der Waals surface area contributed by atoms with Gasteiger partial charge in [-0.05, 0) is 43.3 Å². The highest BCUT2D eigenvalue weighted by atomic mass is 79.9. The van der Waals surface area contributed by atoms with Crippen LogP contribution in [0.2, 0.25) is 0 Å². The maximum absolute atomic E-state index is 5.62. The SMILES string of the molecule is CCOCC(C(C)C)n1c(=S)[nH]c2cc(Br)ccc21. The van der Waals surface area contributed by atoms with Gasteiger partial charge >= 0.3 is 0 Å². The third kappa shape index (κ3) is 3.09. The highest BCUT2D eigenvalue weighted by molar-refractivity contribution is 9.10. The van der Waals surface area contributed by atoms with E-state index in [2.05, 4.69) is 51.5 Å². The zero-order valence-corrected chi connectivity index (χ0v) is 13.8. The molecule has 3 nitrogen and oxygen atoms in total. The van der Waals surface area contributed by atoms with Crippen molar-refractivity contribution in [2.24, 2.45) is 5.92 Å². The highest BCUT2D eigenvalue weighted by Crippen LogP contribution is 2.26. The number of ether oxygens (including phenoxy) is 1. The van der Waals surface area contributed by atoms with Gasteiger partial charge in [-0.25, -0.2) is 0 Å². The number of nitrogens with zero attached hydrogens (tertiary/aromatic N) is 1. The molecule has 5 heteroatoms. The summed E-state index contributed by atoms with van der Waals surface area (Å²) in [6.07, 6.45) is 0. The zero-order chi connectivity index (χ0) is 14.0. The molecule has 1 N–H and O–H groups in total. The van der Waals surface area contributed by atoms with Crippen LogP contribution in [0, 0.1) is 10.7 Å². The van der Waals surface area contributed by atoms with E-state index in [4.69, 9.17) is 17.0 Å². The van der Waals surface area contributed by atoms with E-state index in [1.54, 1.807) is 0 Å². The van der Waals surface area contributed by atoms with Crippen LogP contribution in [-0.2, 0) is 4.74 Å². The second-order valence-corrected chi connectivity index (χ2v) is 6.23. The van der Waals surface area contributed by atoms with Gasteiger partial charge in [0.1, 0.15) is 0 Å². The van der Waals surface area contributed by atoms with Crippen LogP contribution in [0.15, 0.2) is 22.7 Å². The van der Waals surface area contributed by atoms with E-state index in [9.17, 15) is 0 Å². The molecule has 0 aliphatic carbocycles. The summed E-state index contributed by atoms with van der Waals surface area (Å²) in [4.78, 5) is 3.27. The maximum atomic E-state index is 5.62. The molecule has 0 spiro atoms. The first-order valence-corrected chi connectivity index (χ1v) is 7.72. The van der Waals surface area contributed by atoms with E-state index < -0.39 is 0 Å². The second-order valence-electron chi connectivity index (χ2n) is 4.93. The van der Waals surface area contributed by atoms with Gasteiger partial charge in [-0.2, -0.15) is 0 Å². The molecule has 2 rings (SSSR count). The summed E-state index contributed by atoms with van der Waals surface area (Å²) in [6.45, 7) is 7.82. The topological polar surface area (TPSA) is 29.9 Å². The molecule has 2 aromatic rings. The summed E-state index contributed by atoms with van der Waals surface area (Å²) in [5, 5.41) is 0. The Kier molecular flexibility index (Phi) is 4.81. The largest absolute Gasteiger partial charge is 0.380 e. The monoisotopic (exact) mass is 342 g/mol. The molecule has 0 aliphatic rings. The third-order valence-electron chi connectivity index (χ3n) is 3.27. The highest BCUT2D eigenvalue weighted by Gasteiger charge is 2.19. The number of fused-ring (bicyclic) bond motifs is 1. The van der Waals surface area contributed by atoms with Crippen LogP contribution in [0.5, 0.6) is 0 Å². The van der Waals surface area contributed by atoms with E-state index >= 15 is 0 Å². The van der Waals surface area contributed by atoms with Gasteiger partial charge in [0.05, 0.1) is 23.7 Å². The number of hydrogen-bond donors (Lipinski definition) is 1. The second kappa shape index (κ2) is 6.20. The van der Waals surface area contributed by atoms with Crippen LogP contribution in [0.25, 0.3) is 11.0 Å². The smallest absolute Gasteiger partial charge is 0.178 e. The minimum absolute atomic E-state index is 0.252. The average Bonchev–Trinajstić information content (AvgIpc) is 2.65. The number of aromatic amines is 1. The van der Waals surface area contributed by atoms with Crippen LogP contribution in [0.1, 0.15) is 26.8 Å². The first-order valence-electron chi connectivity index (χ1n) is 6.52. The normalized spacial score (nSPS) is 13.3. The van der Waals surface area contributed by atoms with Gasteiger partial charge in [0.2, 0.25) is 0 Å². The number of rotatable bonds is 5. The Labute approximate surface area is 127 Å². The van der Waals surface area contributed by atoms with E-state index in [1.807, 2.05) is 13.0 Å². The van der Waals surface area contributed by atoms with Crippen LogP contribution in [0.4, 0.5) is 0 Å². The van der Waals surface area contributed by atoms with E-state index in [0.717, 1.165) is 26.9 Å². The Hall–Kier alpha value is -0.650. The summed E-state index contributed by atoms with van der Waals surface area (Å²) in [7, 11) is 0. The number of nitrogens with one attached hydrogen (secondary N) is 1. The molecule has 0 amide bonds. The molecule has 0 radical (unpaired) electrons. The molecule has 0 saturated heterocycles. The number of imidazole rings is 1. The van der Waals surface area contributed by atoms with Crippen LogP contribution < -0.4 is 0 Å². The van der Waals surface area contributed by atoms with Crippen molar-refractivity contribution in [3.63, 3.8) is 0 Å². The predicted molar refractivity (Wildman–Crippen MR) is 85.2 cm³/mol. The molecular formula is C14H19BrN2OS. The van der Waals surface area contributed by atoms with Gasteiger partial charge in [-0.1, -0.05) is 29.8 Å². The lowest BCUT2D eigenvalue weighted by molar-refractivity contribution is 0.0974. The van der Waals surface area contributed by atoms with Gasteiger partial charge in [0, 0.05) is 11.1 Å². The van der Waals surface area contributed by atoms with Crippen molar-refractivity contribution < 1.29 is 4.74 Å². The number of benzene rings is 1. The standard InChI is InChI=1S/C14H19BrN2OS/c1-4-18-8-13(9(2)3)17-12-6-5-10(15)7-11(12)16-14(17)19/h5-7,9,13H,4,8H2,1-3H3,(H,16,19). The summed E-state index contributed by atoms with van der Waals surface area (Å²) < 4.78 is 9.60. The fourth-order valence-electron chi connectivity index (χ4n) is 2.24. The lowest BCUT2D eigenvalue weighted by Gasteiger charge is -2.23. The first kappa shape index (κ1) is 14.8. The fourth-order valence-corrected chi connectivity index (χ4v) is 2.94. The van der Waals surface area contributed by atoms with Gasteiger partial charge in [-0.3, -0.25) is 0 Å². The Morgan fingerprint density at radius 2 is 2.16 bits per heavy atom. The van der Waals surface area contributed by atoms with Crippen LogP contribution in [0.3, 0.4) is 0 Å². The lowest BCUT2D eigenvalue weighted by Crippen LogP contribution is -2.21. The Morgan fingerprint density at radius 3 is 2.79 bits per heavy atom. The summed E-state index contributed by atoms with van der Waals surface area (Å²) in [5.74, 6) is 0.459. The molecule has 1 heterocycles. The van der Waals surface area contributed by atoms with Crippen molar-refractivity contribution in [1.82, 2.24) is 9.55 Å². The molecule has 0 saturated carbocycles. The molecule has 1 aromatic carbocycles. The Morgan fingerprint density at radius 1 is 1.42 bits per heavy atom. The molecule has 19 heavy (non-hydrogen) atoms. The van der Waals surface area contributed by atoms with Gasteiger partial charge in [0.25, 0.3) is 0 Å². The van der Waals surface area contributed by atoms with Crippen molar-refractivity contribution in [3.05, 3.63) is 27.4 Å². The fraction of sp³-hybridized carbons (Fsp3) is 0.500. The number of H-pyrrole nitrogens is 1. The Bertz CT molecular complexity index is 617. The molecule has 1 unspecified atom stereocenters. The van der Waals surface area contributed by atoms with Gasteiger partial charge < -0.3 is 14.3 Å². The molecule has 0 fully saturated rings. The number of aromatic nitrogens is 2. The van der Waals surface area contributed by atoms with Crippen LogP contribution in [-0.4, -0.2) is 22.8 Å². The summed E-state index contributed by atoms with van der Waals surface area (Å²) in [5.41, 5.74) is 2.19. The van der Waals surface area contributed by atoms with E-state index in [0.29, 0.717) is 12.5 Å². The number of hydrogen-bond acceptors (Lipinski definition) is 2. The molecule has 1 aromatic heterocycles. The van der Waals surface area contributed by atoms with Crippen LogP contribution >= 0.6 is 28.1 Å². The molecular weight excluding hydrogens is 324 g/mol. The van der Waals surface area contributed by atoms with Crippen molar-refractivity contribution in [2.75, 3.05) is 13.2 Å². The van der Waals surface area contributed by atoms with Gasteiger partial charge in [-0.15, -0.1) is 0 Å². The first-order chi connectivity index (χ1) is 9.04. The molecule has 0 bridgehead atoms. The Balaban J connectivity index is 2.52. The van der Waals surface area contributed by atoms with Crippen molar-refractivity contribution in [2.45, 2.75) is 26.8 Å². The average molecular weight is 343 g/mol. The minimum Gasteiger partial charge on any atom is -0.380 e. The third-order valence-corrected chi connectivity index (χ3v) is 4.06. The minimum atomic E-state index is 0.252. The molecule has 1 atom stereocenters. The van der Waals surface area contributed by atoms with Crippen molar-refractivity contribution >= 4 is 39.2 Å². The van der Waals surface area contributed by atoms with Crippen molar-refractivity contribution in [1.29, 1.82) is 0 Å².